The summed E-state index contributed by atoms with van der Waals surface area (Å²) in [4.78, 5) is 8.84. The maximum atomic E-state index is 12.6. The number of likely N-dealkylation sites (tertiary alicyclic amines) is 1. The number of alkyl halides is 3. The van der Waals surface area contributed by atoms with Crippen LogP contribution in [0.3, 0.4) is 0 Å². The second kappa shape index (κ2) is 5.68. The zero-order chi connectivity index (χ0) is 13.9. The van der Waals surface area contributed by atoms with E-state index >= 15 is 0 Å². The van der Waals surface area contributed by atoms with Gasteiger partial charge in [0.2, 0.25) is 5.95 Å². The Labute approximate surface area is 107 Å². The van der Waals surface area contributed by atoms with Crippen LogP contribution in [-0.4, -0.2) is 47.2 Å². The molecule has 1 N–H and O–H groups in total. The van der Waals surface area contributed by atoms with E-state index in [1.807, 2.05) is 0 Å². The topological polar surface area (TPSA) is 41.1 Å². The first-order chi connectivity index (χ1) is 8.92. The van der Waals surface area contributed by atoms with Crippen molar-refractivity contribution in [1.82, 2.24) is 14.9 Å². The van der Waals surface area contributed by atoms with Gasteiger partial charge in [0.25, 0.3) is 0 Å². The summed E-state index contributed by atoms with van der Waals surface area (Å²) in [6.07, 6.45) is -1.37. The summed E-state index contributed by atoms with van der Waals surface area (Å²) in [6.45, 7) is 0.459. The van der Waals surface area contributed by atoms with Crippen molar-refractivity contribution in [2.45, 2.75) is 12.6 Å². The summed E-state index contributed by atoms with van der Waals surface area (Å²) in [5.41, 5.74) is 0. The summed E-state index contributed by atoms with van der Waals surface area (Å²) in [7, 11) is 0. The molecule has 2 rings (SSSR count). The summed E-state index contributed by atoms with van der Waals surface area (Å²) in [5.74, 6) is -0.116. The summed E-state index contributed by atoms with van der Waals surface area (Å²) in [6, 6.07) is 0. The van der Waals surface area contributed by atoms with Crippen LogP contribution in [-0.2, 0) is 0 Å². The Morgan fingerprint density at radius 2 is 2.00 bits per heavy atom. The second-order valence-electron chi connectivity index (χ2n) is 4.61. The average molecular weight is 278 g/mol. The lowest BCUT2D eigenvalue weighted by Crippen LogP contribution is -2.33. The lowest BCUT2D eigenvalue weighted by molar-refractivity contribution is -0.143. The first-order valence-corrected chi connectivity index (χ1v) is 5.93. The highest BCUT2D eigenvalue weighted by atomic mass is 19.4. The first kappa shape index (κ1) is 14.0. The maximum Gasteiger partial charge on any atom is 0.401 e. The van der Waals surface area contributed by atoms with Crippen molar-refractivity contribution in [3.8, 4) is 0 Å². The molecule has 1 aliphatic heterocycles. The van der Waals surface area contributed by atoms with Crippen LogP contribution in [0.4, 0.5) is 23.5 Å². The molecule has 0 amide bonds. The minimum Gasteiger partial charge on any atom is -0.354 e. The predicted octanol–water partition coefficient (Wildman–Crippen LogP) is 1.91. The molecule has 106 valence electrons. The lowest BCUT2D eigenvalue weighted by Gasteiger charge is -2.17. The second-order valence-corrected chi connectivity index (χ2v) is 4.61. The molecule has 0 spiro atoms. The van der Waals surface area contributed by atoms with Crippen LogP contribution in [0, 0.1) is 11.7 Å². The standard InChI is InChI=1S/C11H14F4N4/c12-9-4-17-10(18-5-9)16-3-8-1-2-19(6-8)7-11(13,14)15/h4-5,8H,1-3,6-7H2,(H,16,17,18). The van der Waals surface area contributed by atoms with Gasteiger partial charge in [-0.25, -0.2) is 14.4 Å². The highest BCUT2D eigenvalue weighted by molar-refractivity contribution is 5.22. The molecule has 0 aliphatic carbocycles. The quantitative estimate of drug-likeness (QED) is 0.854. The molecule has 1 aliphatic rings. The van der Waals surface area contributed by atoms with Gasteiger partial charge in [-0.05, 0) is 18.9 Å². The van der Waals surface area contributed by atoms with Crippen LogP contribution in [0.15, 0.2) is 12.4 Å². The predicted molar refractivity (Wildman–Crippen MR) is 61.1 cm³/mol. The fourth-order valence-corrected chi connectivity index (χ4v) is 2.12. The maximum absolute atomic E-state index is 12.6. The molecular weight excluding hydrogens is 264 g/mol. The highest BCUT2D eigenvalue weighted by Gasteiger charge is 2.34. The van der Waals surface area contributed by atoms with Gasteiger partial charge in [-0.15, -0.1) is 0 Å². The van der Waals surface area contributed by atoms with Crippen molar-refractivity contribution in [2.24, 2.45) is 5.92 Å². The van der Waals surface area contributed by atoms with Gasteiger partial charge >= 0.3 is 6.18 Å². The number of nitrogens with one attached hydrogen (secondary N) is 1. The SMILES string of the molecule is Fc1cnc(NCC2CCN(CC(F)(F)F)C2)nc1. The molecule has 1 saturated heterocycles. The van der Waals surface area contributed by atoms with Gasteiger partial charge in [0, 0.05) is 13.1 Å². The van der Waals surface area contributed by atoms with Gasteiger partial charge < -0.3 is 5.32 Å². The van der Waals surface area contributed by atoms with Crippen LogP contribution in [0.2, 0.25) is 0 Å². The Morgan fingerprint density at radius 3 is 2.63 bits per heavy atom. The third kappa shape index (κ3) is 4.62. The van der Waals surface area contributed by atoms with Crippen LogP contribution in [0.25, 0.3) is 0 Å². The van der Waals surface area contributed by atoms with Gasteiger partial charge in [-0.2, -0.15) is 13.2 Å². The molecular formula is C11H14F4N4. The minimum atomic E-state index is -4.15. The van der Waals surface area contributed by atoms with E-state index in [1.54, 1.807) is 0 Å². The molecule has 8 heteroatoms. The lowest BCUT2D eigenvalue weighted by atomic mass is 10.1. The van der Waals surface area contributed by atoms with Crippen LogP contribution < -0.4 is 5.32 Å². The number of aromatic nitrogens is 2. The zero-order valence-corrected chi connectivity index (χ0v) is 10.1. The molecule has 1 atom stereocenters. The van der Waals surface area contributed by atoms with E-state index in [-0.39, 0.29) is 11.9 Å². The summed E-state index contributed by atoms with van der Waals surface area (Å²) >= 11 is 0. The molecule has 0 bridgehead atoms. The number of hydrogen-bond acceptors (Lipinski definition) is 4. The Hall–Kier alpha value is -1.44. The van der Waals surface area contributed by atoms with Gasteiger partial charge in [-0.3, -0.25) is 4.90 Å². The Balaban J connectivity index is 1.75. The van der Waals surface area contributed by atoms with Crippen molar-refractivity contribution >= 4 is 5.95 Å². The van der Waals surface area contributed by atoms with Crippen molar-refractivity contribution < 1.29 is 17.6 Å². The van der Waals surface area contributed by atoms with Crippen LogP contribution in [0.5, 0.6) is 0 Å². The van der Waals surface area contributed by atoms with Gasteiger partial charge in [0.05, 0.1) is 18.9 Å². The van der Waals surface area contributed by atoms with Gasteiger partial charge in [-0.1, -0.05) is 0 Å². The first-order valence-electron chi connectivity index (χ1n) is 5.93. The fourth-order valence-electron chi connectivity index (χ4n) is 2.12. The minimum absolute atomic E-state index is 0.121. The smallest absolute Gasteiger partial charge is 0.354 e. The Morgan fingerprint density at radius 1 is 1.32 bits per heavy atom. The monoisotopic (exact) mass is 278 g/mol. The number of nitrogens with zero attached hydrogens (tertiary/aromatic N) is 3. The zero-order valence-electron chi connectivity index (χ0n) is 10.1. The number of hydrogen-bond donors (Lipinski definition) is 1. The average Bonchev–Trinajstić information content (AvgIpc) is 2.73. The van der Waals surface area contributed by atoms with Crippen molar-refractivity contribution in [3.05, 3.63) is 18.2 Å². The van der Waals surface area contributed by atoms with E-state index in [9.17, 15) is 17.6 Å². The molecule has 1 unspecified atom stereocenters. The molecule has 0 aromatic carbocycles. The molecule has 4 nitrogen and oxygen atoms in total. The van der Waals surface area contributed by atoms with E-state index in [0.29, 0.717) is 26.1 Å². The molecule has 1 fully saturated rings. The normalized spacial score (nSPS) is 20.7. The van der Waals surface area contributed by atoms with E-state index < -0.39 is 18.5 Å². The molecule has 19 heavy (non-hydrogen) atoms. The number of halogens is 4. The third-order valence-electron chi connectivity index (χ3n) is 2.94. The molecule has 1 aromatic heterocycles. The molecule has 0 radical (unpaired) electrons. The van der Waals surface area contributed by atoms with Gasteiger partial charge in [0.1, 0.15) is 0 Å². The van der Waals surface area contributed by atoms with Gasteiger partial charge in [0.15, 0.2) is 5.82 Å². The third-order valence-corrected chi connectivity index (χ3v) is 2.94. The Kier molecular flexibility index (Phi) is 4.18. The molecule has 1 aromatic rings. The highest BCUT2D eigenvalue weighted by Crippen LogP contribution is 2.22. The number of anilines is 1. The number of rotatable bonds is 4. The summed E-state index contributed by atoms with van der Waals surface area (Å²) in [5, 5.41) is 2.90. The van der Waals surface area contributed by atoms with Crippen LogP contribution >= 0.6 is 0 Å². The Bertz CT molecular complexity index is 406. The largest absolute Gasteiger partial charge is 0.401 e. The van der Waals surface area contributed by atoms with E-state index in [1.165, 1.54) is 4.90 Å². The van der Waals surface area contributed by atoms with E-state index in [2.05, 4.69) is 15.3 Å². The van der Waals surface area contributed by atoms with E-state index in [4.69, 9.17) is 0 Å². The molecule has 2 heterocycles. The molecule has 0 saturated carbocycles. The fraction of sp³-hybridized carbons (Fsp3) is 0.636. The van der Waals surface area contributed by atoms with Crippen molar-refractivity contribution in [1.29, 1.82) is 0 Å². The van der Waals surface area contributed by atoms with Crippen LogP contribution in [0.1, 0.15) is 6.42 Å². The van der Waals surface area contributed by atoms with Crippen molar-refractivity contribution in [3.63, 3.8) is 0 Å². The van der Waals surface area contributed by atoms with Crippen molar-refractivity contribution in [2.75, 3.05) is 31.5 Å². The van der Waals surface area contributed by atoms with E-state index in [0.717, 1.165) is 12.4 Å². The summed E-state index contributed by atoms with van der Waals surface area (Å²) < 4.78 is 49.2.